The van der Waals surface area contributed by atoms with E-state index in [-0.39, 0.29) is 30.2 Å². The van der Waals surface area contributed by atoms with Crippen LogP contribution in [0, 0.1) is 13.8 Å². The van der Waals surface area contributed by atoms with Crippen LogP contribution in [0.15, 0.2) is 36.4 Å². The van der Waals surface area contributed by atoms with Crippen LogP contribution in [-0.4, -0.2) is 52.3 Å². The maximum absolute atomic E-state index is 13.4. The number of hydrogen-bond acceptors (Lipinski definition) is 6. The van der Waals surface area contributed by atoms with Gasteiger partial charge in [-0.15, -0.1) is 0 Å². The van der Waals surface area contributed by atoms with E-state index < -0.39 is 28.7 Å². The number of carbonyl (C=O) groups excluding carboxylic acids is 3. The van der Waals surface area contributed by atoms with Crippen LogP contribution in [0.25, 0.3) is 0 Å². The summed E-state index contributed by atoms with van der Waals surface area (Å²) in [6.07, 6.45) is 4.01. The lowest BCUT2D eigenvalue weighted by molar-refractivity contribution is -0.125. The van der Waals surface area contributed by atoms with Gasteiger partial charge < -0.3 is 20.1 Å². The highest BCUT2D eigenvalue weighted by Crippen LogP contribution is 2.34. The molecule has 10 heteroatoms. The first-order chi connectivity index (χ1) is 17.7. The number of amides is 3. The molecule has 2 unspecified atom stereocenters. The third kappa shape index (κ3) is 6.68. The first-order valence-corrected chi connectivity index (χ1v) is 13.9. The number of ether oxygens (including phenoxy) is 2. The topological polar surface area (TPSA) is 114 Å². The fourth-order valence-electron chi connectivity index (χ4n) is 4.72. The summed E-state index contributed by atoms with van der Waals surface area (Å²) in [4.78, 5) is 40.4. The third-order valence-electron chi connectivity index (χ3n) is 6.58. The molecule has 198 valence electrons. The molecule has 0 radical (unpaired) electrons. The number of anilines is 2. The molecule has 2 N–H and O–H groups in total. The van der Waals surface area contributed by atoms with Gasteiger partial charge in [-0.1, -0.05) is 30.5 Å². The average Bonchev–Trinajstić information content (AvgIpc) is 3.52. The second-order valence-electron chi connectivity index (χ2n) is 9.56. The van der Waals surface area contributed by atoms with Gasteiger partial charge in [-0.05, 0) is 57.4 Å². The molecule has 0 bridgehead atoms. The minimum absolute atomic E-state index is 0.111. The van der Waals surface area contributed by atoms with Crippen LogP contribution in [-0.2, 0) is 25.2 Å². The maximum Gasteiger partial charge on any atom is 0.243 e. The fraction of sp³-hybridized carbons (Fsp3) is 0.444. The van der Waals surface area contributed by atoms with E-state index in [0.29, 0.717) is 22.9 Å². The molecular weight excluding hydrogens is 494 g/mol. The molecule has 2 aromatic carbocycles. The first kappa shape index (κ1) is 26.7. The zero-order valence-corrected chi connectivity index (χ0v) is 22.2. The highest BCUT2D eigenvalue weighted by Gasteiger charge is 2.31. The van der Waals surface area contributed by atoms with Gasteiger partial charge in [0.2, 0.25) is 24.5 Å². The summed E-state index contributed by atoms with van der Waals surface area (Å²) in [5, 5.41) is 5.73. The van der Waals surface area contributed by atoms with Gasteiger partial charge in [0.25, 0.3) is 0 Å². The Morgan fingerprint density at radius 2 is 1.76 bits per heavy atom. The number of rotatable bonds is 9. The van der Waals surface area contributed by atoms with Crippen molar-refractivity contribution in [1.29, 1.82) is 0 Å². The molecule has 2 aromatic rings. The van der Waals surface area contributed by atoms with Crippen molar-refractivity contribution < 1.29 is 28.1 Å². The van der Waals surface area contributed by atoms with Gasteiger partial charge in [0.05, 0.1) is 0 Å². The van der Waals surface area contributed by atoms with Gasteiger partial charge in [-0.3, -0.25) is 23.5 Å². The standard InChI is InChI=1S/C27H33N3O6S/c1-17-8-10-22(18(2)12-17)30(19(3)27(33)29-20-6-4-5-7-20)26(32)15-37(34)14-25(31)28-21-9-11-23-24(13-21)36-16-35-23/h8-13,19-20H,4-7,14-16H2,1-3H3,(H,28,31)(H,29,33). The zero-order chi connectivity index (χ0) is 26.5. The van der Waals surface area contributed by atoms with Crippen molar-refractivity contribution in [2.24, 2.45) is 0 Å². The number of nitrogens with one attached hydrogen (secondary N) is 2. The van der Waals surface area contributed by atoms with E-state index in [0.717, 1.165) is 36.8 Å². The van der Waals surface area contributed by atoms with E-state index in [2.05, 4.69) is 10.6 Å². The predicted octanol–water partition coefficient (Wildman–Crippen LogP) is 3.20. The SMILES string of the molecule is Cc1ccc(N(C(=O)CS(=O)CC(=O)Nc2ccc3c(c2)OCO3)C(C)C(=O)NC2CCCC2)c(C)c1. The van der Waals surface area contributed by atoms with Gasteiger partial charge in [-0.25, -0.2) is 0 Å². The summed E-state index contributed by atoms with van der Waals surface area (Å²) in [5.74, 6) is -0.850. The van der Waals surface area contributed by atoms with E-state index in [1.54, 1.807) is 31.2 Å². The third-order valence-corrected chi connectivity index (χ3v) is 7.73. The molecule has 1 aliphatic heterocycles. The van der Waals surface area contributed by atoms with E-state index in [4.69, 9.17) is 9.47 Å². The molecule has 0 saturated heterocycles. The normalized spacial score (nSPS) is 16.2. The molecular formula is C27H33N3O6S. The van der Waals surface area contributed by atoms with Crippen molar-refractivity contribution in [3.05, 3.63) is 47.5 Å². The Bertz CT molecular complexity index is 1210. The Morgan fingerprint density at radius 1 is 1.03 bits per heavy atom. The molecule has 3 amide bonds. The van der Waals surface area contributed by atoms with Crippen molar-refractivity contribution in [2.45, 2.75) is 58.5 Å². The van der Waals surface area contributed by atoms with E-state index in [9.17, 15) is 18.6 Å². The largest absolute Gasteiger partial charge is 0.454 e. The number of fused-ring (bicyclic) bond motifs is 1. The van der Waals surface area contributed by atoms with Gasteiger partial charge in [0.1, 0.15) is 17.5 Å². The summed E-state index contributed by atoms with van der Waals surface area (Å²) in [6.45, 7) is 5.62. The number of benzene rings is 2. The minimum Gasteiger partial charge on any atom is -0.454 e. The van der Waals surface area contributed by atoms with Crippen LogP contribution in [0.2, 0.25) is 0 Å². The minimum atomic E-state index is -1.78. The lowest BCUT2D eigenvalue weighted by Crippen LogP contribution is -2.51. The van der Waals surface area contributed by atoms with Crippen LogP contribution in [0.4, 0.5) is 11.4 Å². The smallest absolute Gasteiger partial charge is 0.243 e. The number of aryl methyl sites for hydroxylation is 2. The predicted molar refractivity (Wildman–Crippen MR) is 142 cm³/mol. The number of carbonyl (C=O) groups is 3. The van der Waals surface area contributed by atoms with Gasteiger partial charge >= 0.3 is 0 Å². The van der Waals surface area contributed by atoms with Crippen LogP contribution in [0.1, 0.15) is 43.7 Å². The first-order valence-electron chi connectivity index (χ1n) is 12.5. The van der Waals surface area contributed by atoms with Crippen molar-refractivity contribution in [3.8, 4) is 11.5 Å². The monoisotopic (exact) mass is 527 g/mol. The zero-order valence-electron chi connectivity index (χ0n) is 21.4. The highest BCUT2D eigenvalue weighted by atomic mass is 32.2. The van der Waals surface area contributed by atoms with Crippen LogP contribution < -0.4 is 25.0 Å². The fourth-order valence-corrected chi connectivity index (χ4v) is 5.60. The number of hydrogen-bond donors (Lipinski definition) is 2. The van der Waals surface area contributed by atoms with Crippen LogP contribution in [0.5, 0.6) is 11.5 Å². The molecule has 1 saturated carbocycles. The summed E-state index contributed by atoms with van der Waals surface area (Å²) < 4.78 is 23.4. The second kappa shape index (κ2) is 11.8. The van der Waals surface area contributed by atoms with Gasteiger partial charge in [0.15, 0.2) is 11.5 Å². The molecule has 37 heavy (non-hydrogen) atoms. The average molecular weight is 528 g/mol. The van der Waals surface area contributed by atoms with Gasteiger partial charge in [0, 0.05) is 34.3 Å². The molecule has 1 fully saturated rings. The van der Waals surface area contributed by atoms with Crippen molar-refractivity contribution in [1.82, 2.24) is 5.32 Å². The molecule has 1 heterocycles. The van der Waals surface area contributed by atoms with E-state index in [1.807, 2.05) is 26.0 Å². The Kier molecular flexibility index (Phi) is 8.48. The Hall–Kier alpha value is -3.40. The van der Waals surface area contributed by atoms with Crippen molar-refractivity contribution in [3.63, 3.8) is 0 Å². The Morgan fingerprint density at radius 3 is 2.49 bits per heavy atom. The summed E-state index contributed by atoms with van der Waals surface area (Å²) >= 11 is 0. The van der Waals surface area contributed by atoms with Crippen molar-refractivity contribution >= 4 is 39.9 Å². The lowest BCUT2D eigenvalue weighted by atomic mass is 10.1. The van der Waals surface area contributed by atoms with Gasteiger partial charge in [-0.2, -0.15) is 0 Å². The second-order valence-corrected chi connectivity index (χ2v) is 11.0. The maximum atomic E-state index is 13.4. The van der Waals surface area contributed by atoms with Crippen LogP contribution in [0.3, 0.4) is 0 Å². The molecule has 9 nitrogen and oxygen atoms in total. The quantitative estimate of drug-likeness (QED) is 0.518. The van der Waals surface area contributed by atoms with Crippen LogP contribution >= 0.6 is 0 Å². The Balaban J connectivity index is 1.43. The Labute approximate surface area is 219 Å². The highest BCUT2D eigenvalue weighted by molar-refractivity contribution is 7.86. The molecule has 2 atom stereocenters. The lowest BCUT2D eigenvalue weighted by Gasteiger charge is -2.31. The molecule has 0 spiro atoms. The summed E-state index contributed by atoms with van der Waals surface area (Å²) in [6, 6.07) is 9.89. The summed E-state index contributed by atoms with van der Waals surface area (Å²) in [7, 11) is -1.78. The molecule has 2 aliphatic rings. The number of nitrogens with zero attached hydrogens (tertiary/aromatic N) is 1. The molecule has 0 aromatic heterocycles. The summed E-state index contributed by atoms with van der Waals surface area (Å²) in [5.41, 5.74) is 2.93. The molecule has 1 aliphatic carbocycles. The van der Waals surface area contributed by atoms with E-state index in [1.165, 1.54) is 4.90 Å². The van der Waals surface area contributed by atoms with E-state index >= 15 is 0 Å². The molecule has 4 rings (SSSR count). The van der Waals surface area contributed by atoms with Crippen molar-refractivity contribution in [2.75, 3.05) is 28.5 Å².